The fraction of sp³-hybridized carbons (Fsp3) is 0.133. The Labute approximate surface area is 104 Å². The van der Waals surface area contributed by atoms with Crippen LogP contribution < -0.4 is 14.0 Å². The molecule has 4 rings (SSSR count). The van der Waals surface area contributed by atoms with Crippen LogP contribution in [0.5, 0.6) is 11.5 Å². The van der Waals surface area contributed by atoms with E-state index in [1.807, 2.05) is 18.3 Å². The summed E-state index contributed by atoms with van der Waals surface area (Å²) in [4.78, 5) is 0. The first-order valence-electron chi connectivity index (χ1n) is 5.93. The van der Waals surface area contributed by atoms with Crippen molar-refractivity contribution >= 4 is 21.7 Å². The van der Waals surface area contributed by atoms with Crippen LogP contribution in [0.4, 0.5) is 0 Å². The Bertz CT molecular complexity index is 780. The first kappa shape index (κ1) is 9.71. The van der Waals surface area contributed by atoms with Gasteiger partial charge < -0.3 is 9.47 Å². The lowest BCUT2D eigenvalue weighted by atomic mass is 10.0. The molecule has 88 valence electrons. The van der Waals surface area contributed by atoms with Crippen molar-refractivity contribution in [2.45, 2.75) is 6.73 Å². The van der Waals surface area contributed by atoms with E-state index in [1.54, 1.807) is 7.11 Å². The van der Waals surface area contributed by atoms with Gasteiger partial charge in [0.2, 0.25) is 5.52 Å². The van der Waals surface area contributed by atoms with E-state index >= 15 is 0 Å². The van der Waals surface area contributed by atoms with Crippen molar-refractivity contribution in [2.75, 3.05) is 7.11 Å². The molecule has 0 N–H and O–H groups in total. The zero-order valence-electron chi connectivity index (χ0n) is 10.0. The first-order valence-corrected chi connectivity index (χ1v) is 5.93. The molecule has 0 fully saturated rings. The molecule has 0 saturated carbocycles. The van der Waals surface area contributed by atoms with Crippen LogP contribution in [0.15, 0.2) is 42.6 Å². The molecule has 18 heavy (non-hydrogen) atoms. The molecule has 0 amide bonds. The number of ether oxygens (including phenoxy) is 2. The number of aromatic nitrogens is 1. The summed E-state index contributed by atoms with van der Waals surface area (Å²) in [6, 6.07) is 12.5. The van der Waals surface area contributed by atoms with E-state index < -0.39 is 0 Å². The Morgan fingerprint density at radius 1 is 1.11 bits per heavy atom. The van der Waals surface area contributed by atoms with E-state index in [2.05, 4.69) is 28.8 Å². The van der Waals surface area contributed by atoms with Gasteiger partial charge in [-0.1, -0.05) is 12.1 Å². The maximum absolute atomic E-state index is 5.85. The van der Waals surface area contributed by atoms with Gasteiger partial charge in [-0.15, -0.1) is 0 Å². The molecule has 0 saturated heterocycles. The van der Waals surface area contributed by atoms with E-state index in [0.29, 0.717) is 6.73 Å². The standard InChI is InChI=1S/C15H12NO2/c1-17-12-7-6-10-4-5-11-3-2-8-16-9-18-15(12)13(10)14(11)16/h2-8H,9H2,1H3/q+1. The summed E-state index contributed by atoms with van der Waals surface area (Å²) in [5.41, 5.74) is 1.22. The smallest absolute Gasteiger partial charge is 0.292 e. The molecule has 0 bridgehead atoms. The van der Waals surface area contributed by atoms with Crippen LogP contribution in [0.25, 0.3) is 21.7 Å². The van der Waals surface area contributed by atoms with Crippen LogP contribution in [-0.2, 0) is 6.73 Å². The van der Waals surface area contributed by atoms with Gasteiger partial charge in [0.25, 0.3) is 6.73 Å². The summed E-state index contributed by atoms with van der Waals surface area (Å²) in [6.45, 7) is 0.532. The molecule has 3 heteroatoms. The molecule has 0 atom stereocenters. The molecular formula is C15H12NO2+. The van der Waals surface area contributed by atoms with E-state index in [0.717, 1.165) is 16.9 Å². The largest absolute Gasteiger partial charge is 0.493 e. The number of hydrogen-bond donors (Lipinski definition) is 0. The van der Waals surface area contributed by atoms with Crippen molar-refractivity contribution in [3.8, 4) is 11.5 Å². The van der Waals surface area contributed by atoms with Crippen molar-refractivity contribution < 1.29 is 14.0 Å². The molecule has 3 nitrogen and oxygen atoms in total. The third-order valence-electron chi connectivity index (χ3n) is 3.50. The third kappa shape index (κ3) is 1.11. The molecule has 1 aliphatic rings. The van der Waals surface area contributed by atoms with Crippen LogP contribution >= 0.6 is 0 Å². The second-order valence-electron chi connectivity index (χ2n) is 4.45. The maximum atomic E-state index is 5.85. The van der Waals surface area contributed by atoms with Crippen molar-refractivity contribution in [3.63, 3.8) is 0 Å². The summed E-state index contributed by atoms with van der Waals surface area (Å²) >= 11 is 0. The second-order valence-corrected chi connectivity index (χ2v) is 4.45. The second kappa shape index (κ2) is 3.35. The summed E-state index contributed by atoms with van der Waals surface area (Å²) in [6.07, 6.45) is 2.05. The normalized spacial score (nSPS) is 12.9. The van der Waals surface area contributed by atoms with Crippen molar-refractivity contribution in [2.24, 2.45) is 0 Å². The molecule has 0 aliphatic carbocycles. The van der Waals surface area contributed by atoms with Gasteiger partial charge in [0.1, 0.15) is 5.39 Å². The number of rotatable bonds is 1. The highest BCUT2D eigenvalue weighted by Crippen LogP contribution is 2.40. The third-order valence-corrected chi connectivity index (χ3v) is 3.50. The van der Waals surface area contributed by atoms with E-state index in [9.17, 15) is 0 Å². The molecule has 0 unspecified atom stereocenters. The monoisotopic (exact) mass is 238 g/mol. The maximum Gasteiger partial charge on any atom is 0.292 e. The number of nitrogens with zero attached hydrogens (tertiary/aromatic N) is 1. The van der Waals surface area contributed by atoms with Crippen molar-refractivity contribution in [3.05, 3.63) is 42.6 Å². The highest BCUT2D eigenvalue weighted by molar-refractivity contribution is 6.08. The average Bonchev–Trinajstić information content (AvgIpc) is 2.44. The Morgan fingerprint density at radius 3 is 2.83 bits per heavy atom. The molecular weight excluding hydrogens is 226 g/mol. The fourth-order valence-corrected chi connectivity index (χ4v) is 2.68. The molecule has 2 aromatic carbocycles. The Balaban J connectivity index is 2.31. The summed E-state index contributed by atoms with van der Waals surface area (Å²) < 4.78 is 13.4. The van der Waals surface area contributed by atoms with Crippen LogP contribution in [0, 0.1) is 0 Å². The van der Waals surface area contributed by atoms with Gasteiger partial charge in [0.15, 0.2) is 17.7 Å². The fourth-order valence-electron chi connectivity index (χ4n) is 2.68. The predicted molar refractivity (Wildman–Crippen MR) is 68.8 cm³/mol. The van der Waals surface area contributed by atoms with Gasteiger partial charge in [0, 0.05) is 11.5 Å². The SMILES string of the molecule is COc1ccc2ccc3ccc[n+]4c3c2c1OC4. The van der Waals surface area contributed by atoms with E-state index in [-0.39, 0.29) is 0 Å². The number of hydrogen-bond acceptors (Lipinski definition) is 2. The molecule has 0 spiro atoms. The van der Waals surface area contributed by atoms with E-state index in [4.69, 9.17) is 9.47 Å². The first-order chi connectivity index (χ1) is 8.88. The topological polar surface area (TPSA) is 22.3 Å². The van der Waals surface area contributed by atoms with Gasteiger partial charge in [-0.05, 0) is 23.6 Å². The lowest BCUT2D eigenvalue weighted by Gasteiger charge is -2.16. The lowest BCUT2D eigenvalue weighted by Crippen LogP contribution is -2.39. The highest BCUT2D eigenvalue weighted by Gasteiger charge is 2.24. The van der Waals surface area contributed by atoms with E-state index in [1.165, 1.54) is 16.3 Å². The van der Waals surface area contributed by atoms with Crippen molar-refractivity contribution in [1.29, 1.82) is 0 Å². The Morgan fingerprint density at radius 2 is 1.94 bits per heavy atom. The zero-order valence-corrected chi connectivity index (χ0v) is 10.0. The van der Waals surface area contributed by atoms with Gasteiger partial charge >= 0.3 is 0 Å². The number of methoxy groups -OCH3 is 1. The minimum atomic E-state index is 0.532. The van der Waals surface area contributed by atoms with Crippen LogP contribution in [0.2, 0.25) is 0 Å². The predicted octanol–water partition coefficient (Wildman–Crippen LogP) is 2.64. The Hall–Kier alpha value is -2.29. The Kier molecular flexibility index (Phi) is 1.81. The minimum absolute atomic E-state index is 0.532. The van der Waals surface area contributed by atoms with Gasteiger partial charge in [0.05, 0.1) is 7.11 Å². The molecule has 3 aromatic rings. The minimum Gasteiger partial charge on any atom is -0.493 e. The summed E-state index contributed by atoms with van der Waals surface area (Å²) in [5, 5.41) is 3.54. The van der Waals surface area contributed by atoms with Crippen LogP contribution in [0.1, 0.15) is 0 Å². The average molecular weight is 238 g/mol. The van der Waals surface area contributed by atoms with Crippen LogP contribution in [-0.4, -0.2) is 7.11 Å². The lowest BCUT2D eigenvalue weighted by molar-refractivity contribution is -0.701. The van der Waals surface area contributed by atoms with Crippen LogP contribution in [0.3, 0.4) is 0 Å². The van der Waals surface area contributed by atoms with Gasteiger partial charge in [-0.2, -0.15) is 4.57 Å². The molecule has 2 heterocycles. The quantitative estimate of drug-likeness (QED) is 0.480. The van der Waals surface area contributed by atoms with Gasteiger partial charge in [-0.3, -0.25) is 0 Å². The molecule has 0 radical (unpaired) electrons. The summed E-state index contributed by atoms with van der Waals surface area (Å²) in [5.74, 6) is 1.65. The molecule has 1 aromatic heterocycles. The zero-order chi connectivity index (χ0) is 12.1. The van der Waals surface area contributed by atoms with Crippen molar-refractivity contribution in [1.82, 2.24) is 0 Å². The number of benzene rings is 2. The van der Waals surface area contributed by atoms with Gasteiger partial charge in [-0.25, -0.2) is 0 Å². The molecule has 1 aliphatic heterocycles. The highest BCUT2D eigenvalue weighted by atomic mass is 16.5. The number of pyridine rings is 1. The summed E-state index contributed by atoms with van der Waals surface area (Å²) in [7, 11) is 1.68.